The van der Waals surface area contributed by atoms with Gasteiger partial charge in [-0.1, -0.05) is 42.4 Å². The molecule has 4 heteroatoms. The van der Waals surface area contributed by atoms with Crippen molar-refractivity contribution in [2.75, 3.05) is 6.54 Å². The number of benzene rings is 1. The Bertz CT molecular complexity index is 447. The highest BCUT2D eigenvalue weighted by atomic mass is 35.5. The molecule has 0 radical (unpaired) electrons. The monoisotopic (exact) mass is 282 g/mol. The van der Waals surface area contributed by atoms with E-state index < -0.39 is 0 Å². The second-order valence-electron chi connectivity index (χ2n) is 4.98. The molecule has 1 atom stereocenters. The summed E-state index contributed by atoms with van der Waals surface area (Å²) in [6, 6.07) is 6.44. The molecule has 0 bridgehead atoms. The highest BCUT2D eigenvalue weighted by Crippen LogP contribution is 2.24. The van der Waals surface area contributed by atoms with Crippen LogP contribution >= 0.6 is 23.8 Å². The number of rotatable bonds is 3. The van der Waals surface area contributed by atoms with Crippen LogP contribution in [0.15, 0.2) is 18.2 Å². The van der Waals surface area contributed by atoms with E-state index in [1.54, 1.807) is 0 Å². The Hall–Kier alpha value is -0.640. The predicted octanol–water partition coefficient (Wildman–Crippen LogP) is 3.29. The molecule has 1 aliphatic rings. The van der Waals surface area contributed by atoms with Gasteiger partial charge < -0.3 is 5.73 Å². The Balaban J connectivity index is 2.13. The molecule has 1 aliphatic heterocycles. The van der Waals surface area contributed by atoms with Gasteiger partial charge in [0.05, 0.1) is 11.0 Å². The minimum Gasteiger partial charge on any atom is -0.392 e. The molecule has 1 aromatic rings. The molecule has 0 saturated carbocycles. The maximum atomic E-state index is 6.29. The Labute approximate surface area is 119 Å². The number of hydrogen-bond donors (Lipinski definition) is 1. The summed E-state index contributed by atoms with van der Waals surface area (Å²) < 4.78 is 0. The number of hydrogen-bond acceptors (Lipinski definition) is 2. The van der Waals surface area contributed by atoms with E-state index in [2.05, 4.69) is 17.0 Å². The molecular weight excluding hydrogens is 264 g/mol. The summed E-state index contributed by atoms with van der Waals surface area (Å²) in [5.74, 6) is 0. The summed E-state index contributed by atoms with van der Waals surface area (Å²) in [5, 5.41) is 0.835. The summed E-state index contributed by atoms with van der Waals surface area (Å²) >= 11 is 11.5. The van der Waals surface area contributed by atoms with E-state index in [1.165, 1.54) is 18.4 Å². The topological polar surface area (TPSA) is 29.3 Å². The fraction of sp³-hybridized carbons (Fsp3) is 0.500. The van der Waals surface area contributed by atoms with Crippen molar-refractivity contribution in [2.24, 2.45) is 5.73 Å². The van der Waals surface area contributed by atoms with Crippen LogP contribution in [0.25, 0.3) is 0 Å². The van der Waals surface area contributed by atoms with E-state index in [0.29, 0.717) is 4.99 Å². The molecule has 1 saturated heterocycles. The molecule has 0 amide bonds. The van der Waals surface area contributed by atoms with E-state index in [4.69, 9.17) is 29.6 Å². The van der Waals surface area contributed by atoms with Gasteiger partial charge >= 0.3 is 0 Å². The molecule has 98 valence electrons. The summed E-state index contributed by atoms with van der Waals surface area (Å²) in [4.78, 5) is 2.96. The van der Waals surface area contributed by atoms with Gasteiger partial charge in [0.25, 0.3) is 0 Å². The summed E-state index contributed by atoms with van der Waals surface area (Å²) in [5.41, 5.74) is 8.18. The van der Waals surface area contributed by atoms with Crippen LogP contribution in [-0.4, -0.2) is 22.5 Å². The number of halogens is 1. The summed E-state index contributed by atoms with van der Waals surface area (Å²) in [7, 11) is 0. The lowest BCUT2D eigenvalue weighted by Crippen LogP contribution is -2.46. The van der Waals surface area contributed by atoms with Gasteiger partial charge in [0, 0.05) is 11.6 Å². The van der Waals surface area contributed by atoms with Gasteiger partial charge in [0.15, 0.2) is 0 Å². The number of thiocarbonyl (C=S) groups is 1. The lowest BCUT2D eigenvalue weighted by Gasteiger charge is -2.35. The molecule has 0 aliphatic carbocycles. The molecular formula is C14H19ClN2S. The van der Waals surface area contributed by atoms with Crippen LogP contribution in [0.5, 0.6) is 0 Å². The third kappa shape index (κ3) is 3.22. The molecule has 0 spiro atoms. The Morgan fingerprint density at radius 3 is 2.94 bits per heavy atom. The fourth-order valence-corrected chi connectivity index (χ4v) is 3.06. The van der Waals surface area contributed by atoms with Gasteiger partial charge in [-0.05, 0) is 43.5 Å². The van der Waals surface area contributed by atoms with Gasteiger partial charge in [-0.25, -0.2) is 0 Å². The Kier molecular flexibility index (Phi) is 4.60. The zero-order valence-corrected chi connectivity index (χ0v) is 12.2. The Morgan fingerprint density at radius 1 is 1.50 bits per heavy atom. The predicted molar refractivity (Wildman–Crippen MR) is 81.0 cm³/mol. The van der Waals surface area contributed by atoms with Crippen molar-refractivity contribution in [1.82, 2.24) is 4.90 Å². The normalized spacial score (nSPS) is 20.9. The Morgan fingerprint density at radius 2 is 2.28 bits per heavy atom. The van der Waals surface area contributed by atoms with Crippen molar-refractivity contribution in [1.29, 1.82) is 0 Å². The first-order valence-electron chi connectivity index (χ1n) is 6.36. The standard InChI is InChI=1S/C14H19ClN2S/c1-10-5-6-11(12(15)8-10)9-17-7-3-2-4-13(17)14(16)18/h5-6,8,13H,2-4,7,9H2,1H3,(H2,16,18). The maximum absolute atomic E-state index is 6.29. The minimum absolute atomic E-state index is 0.228. The second-order valence-corrected chi connectivity index (χ2v) is 5.86. The van der Waals surface area contributed by atoms with Crippen LogP contribution in [0, 0.1) is 6.92 Å². The third-order valence-corrected chi connectivity index (χ3v) is 4.15. The first-order chi connectivity index (χ1) is 8.58. The first kappa shape index (κ1) is 13.8. The van der Waals surface area contributed by atoms with Crippen molar-refractivity contribution >= 4 is 28.8 Å². The van der Waals surface area contributed by atoms with Crippen molar-refractivity contribution in [3.8, 4) is 0 Å². The molecule has 1 unspecified atom stereocenters. The van der Waals surface area contributed by atoms with Crippen LogP contribution in [0.2, 0.25) is 5.02 Å². The molecule has 2 nitrogen and oxygen atoms in total. The molecule has 1 fully saturated rings. The average Bonchev–Trinajstić information content (AvgIpc) is 2.33. The molecule has 1 heterocycles. The quantitative estimate of drug-likeness (QED) is 0.863. The van der Waals surface area contributed by atoms with Gasteiger partial charge in [-0.2, -0.15) is 0 Å². The largest absolute Gasteiger partial charge is 0.392 e. The van der Waals surface area contributed by atoms with E-state index in [0.717, 1.165) is 30.1 Å². The smallest absolute Gasteiger partial charge is 0.0902 e. The van der Waals surface area contributed by atoms with Crippen molar-refractivity contribution in [3.63, 3.8) is 0 Å². The van der Waals surface area contributed by atoms with Crippen LogP contribution in [0.3, 0.4) is 0 Å². The van der Waals surface area contributed by atoms with Gasteiger partial charge in [-0.3, -0.25) is 4.90 Å². The molecule has 0 aromatic heterocycles. The van der Waals surface area contributed by atoms with E-state index in [1.807, 2.05) is 13.0 Å². The van der Waals surface area contributed by atoms with E-state index >= 15 is 0 Å². The second kappa shape index (κ2) is 6.00. The number of nitrogens with two attached hydrogens (primary N) is 1. The summed E-state index contributed by atoms with van der Waals surface area (Å²) in [6.45, 7) is 3.93. The van der Waals surface area contributed by atoms with Crippen LogP contribution in [0.1, 0.15) is 30.4 Å². The van der Waals surface area contributed by atoms with Gasteiger partial charge in [-0.15, -0.1) is 0 Å². The maximum Gasteiger partial charge on any atom is 0.0902 e. The zero-order chi connectivity index (χ0) is 13.1. The van der Waals surface area contributed by atoms with Gasteiger partial charge in [0.2, 0.25) is 0 Å². The minimum atomic E-state index is 0.228. The lowest BCUT2D eigenvalue weighted by molar-refractivity contribution is 0.184. The first-order valence-corrected chi connectivity index (χ1v) is 7.15. The molecule has 2 N–H and O–H groups in total. The average molecular weight is 283 g/mol. The van der Waals surface area contributed by atoms with Gasteiger partial charge in [0.1, 0.15) is 0 Å². The van der Waals surface area contributed by atoms with Crippen LogP contribution in [-0.2, 0) is 6.54 Å². The van der Waals surface area contributed by atoms with E-state index in [9.17, 15) is 0 Å². The van der Waals surface area contributed by atoms with E-state index in [-0.39, 0.29) is 6.04 Å². The number of piperidine rings is 1. The number of likely N-dealkylation sites (tertiary alicyclic amines) is 1. The molecule has 2 rings (SSSR count). The lowest BCUT2D eigenvalue weighted by atomic mass is 10.0. The van der Waals surface area contributed by atoms with Crippen LogP contribution < -0.4 is 5.73 Å². The summed E-state index contributed by atoms with van der Waals surface area (Å²) in [6.07, 6.45) is 3.49. The van der Waals surface area contributed by atoms with Crippen molar-refractivity contribution < 1.29 is 0 Å². The number of aryl methyl sites for hydroxylation is 1. The third-order valence-electron chi connectivity index (χ3n) is 3.52. The zero-order valence-electron chi connectivity index (χ0n) is 10.7. The van der Waals surface area contributed by atoms with Crippen molar-refractivity contribution in [2.45, 2.75) is 38.8 Å². The van der Waals surface area contributed by atoms with Crippen molar-refractivity contribution in [3.05, 3.63) is 34.3 Å². The molecule has 1 aromatic carbocycles. The molecule has 18 heavy (non-hydrogen) atoms. The highest BCUT2D eigenvalue weighted by molar-refractivity contribution is 7.80. The number of nitrogens with zero attached hydrogens (tertiary/aromatic N) is 1. The highest BCUT2D eigenvalue weighted by Gasteiger charge is 2.24. The SMILES string of the molecule is Cc1ccc(CN2CCCCC2C(N)=S)c(Cl)c1. The fourth-order valence-electron chi connectivity index (χ4n) is 2.50. The van der Waals surface area contributed by atoms with Crippen LogP contribution in [0.4, 0.5) is 0 Å².